The predicted molar refractivity (Wildman–Crippen MR) is 106 cm³/mol. The molecule has 5 rings (SSSR count). The fraction of sp³-hybridized carbons (Fsp3) is 0.391. The Morgan fingerprint density at radius 3 is 2.79 bits per heavy atom. The molecule has 4 atom stereocenters. The summed E-state index contributed by atoms with van der Waals surface area (Å²) in [6.45, 7) is 1.95. The van der Waals surface area contributed by atoms with E-state index in [2.05, 4.69) is 10.6 Å². The van der Waals surface area contributed by atoms with Gasteiger partial charge in [0, 0.05) is 23.9 Å². The van der Waals surface area contributed by atoms with Crippen LogP contribution in [-0.2, 0) is 9.59 Å². The Balaban J connectivity index is 1.57. The number of piperidine rings is 1. The summed E-state index contributed by atoms with van der Waals surface area (Å²) in [4.78, 5) is 26.4. The third-order valence-electron chi connectivity index (χ3n) is 6.58. The molecule has 5 nitrogen and oxygen atoms in total. The maximum Gasteiger partial charge on any atom is 0.237 e. The van der Waals surface area contributed by atoms with Crippen molar-refractivity contribution in [2.45, 2.75) is 44.2 Å². The molecule has 2 fully saturated rings. The largest absolute Gasteiger partial charge is 0.467 e. The van der Waals surface area contributed by atoms with Crippen LogP contribution >= 0.6 is 0 Å². The summed E-state index contributed by atoms with van der Waals surface area (Å²) in [6, 6.07) is 15.5. The maximum atomic E-state index is 13.3. The molecule has 0 aromatic heterocycles. The van der Waals surface area contributed by atoms with E-state index < -0.39 is 11.6 Å². The number of hydrogen-bond donors (Lipinski definition) is 2. The molecule has 2 heterocycles. The van der Waals surface area contributed by atoms with Gasteiger partial charge in [-0.3, -0.25) is 9.59 Å². The molecule has 2 bridgehead atoms. The standard InChI is InChI=1S/C23H24N2O3/c1-14-8-2-4-11-17(14)24-21(26)20-19-15-9-3-5-12-18(15)28-23(25-22(20)27)13-7-6-10-16(19)23/h2-5,8-9,11-12,16,19-20H,6-7,10,13H2,1H3,(H,24,26)(H,25,27)/t16-,19+,20+,23-/m1/s1. The lowest BCUT2D eigenvalue weighted by Gasteiger charge is -2.55. The highest BCUT2D eigenvalue weighted by atomic mass is 16.5. The van der Waals surface area contributed by atoms with Gasteiger partial charge in [-0.05, 0) is 43.0 Å². The van der Waals surface area contributed by atoms with E-state index in [1.807, 2.05) is 55.5 Å². The monoisotopic (exact) mass is 376 g/mol. The highest BCUT2D eigenvalue weighted by Crippen LogP contribution is 2.55. The first-order valence-electron chi connectivity index (χ1n) is 10.1. The first kappa shape index (κ1) is 17.3. The lowest BCUT2D eigenvalue weighted by atomic mass is 9.62. The average Bonchev–Trinajstić information content (AvgIpc) is 2.68. The Labute approximate surface area is 164 Å². The van der Waals surface area contributed by atoms with Crippen molar-refractivity contribution in [3.63, 3.8) is 0 Å². The lowest BCUT2D eigenvalue weighted by Crippen LogP contribution is -2.69. The number of benzene rings is 2. The fourth-order valence-electron chi connectivity index (χ4n) is 5.28. The third-order valence-corrected chi connectivity index (χ3v) is 6.58. The third kappa shape index (κ3) is 2.53. The number of amides is 2. The number of carbonyl (C=O) groups excluding carboxylic acids is 2. The number of nitrogens with one attached hydrogen (secondary N) is 2. The van der Waals surface area contributed by atoms with Crippen molar-refractivity contribution in [1.82, 2.24) is 5.32 Å². The molecule has 2 aromatic carbocycles. The fourth-order valence-corrected chi connectivity index (χ4v) is 5.28. The van der Waals surface area contributed by atoms with E-state index in [1.165, 1.54) is 0 Å². The molecule has 2 N–H and O–H groups in total. The van der Waals surface area contributed by atoms with Gasteiger partial charge in [0.15, 0.2) is 5.72 Å². The second-order valence-corrected chi connectivity index (χ2v) is 8.18. The number of aryl methyl sites for hydroxylation is 1. The summed E-state index contributed by atoms with van der Waals surface area (Å²) in [6.07, 6.45) is 3.86. The van der Waals surface area contributed by atoms with Crippen LogP contribution in [0, 0.1) is 18.8 Å². The number of rotatable bonds is 2. The molecule has 1 aliphatic carbocycles. The van der Waals surface area contributed by atoms with Crippen LogP contribution in [0.4, 0.5) is 5.69 Å². The van der Waals surface area contributed by atoms with Crippen molar-refractivity contribution in [1.29, 1.82) is 0 Å². The summed E-state index contributed by atoms with van der Waals surface area (Å²) in [5, 5.41) is 6.11. The van der Waals surface area contributed by atoms with E-state index in [4.69, 9.17) is 4.74 Å². The Hall–Kier alpha value is -2.82. The zero-order chi connectivity index (χ0) is 19.3. The Kier molecular flexibility index (Phi) is 3.93. The van der Waals surface area contributed by atoms with E-state index in [-0.39, 0.29) is 23.7 Å². The Morgan fingerprint density at radius 1 is 1.14 bits per heavy atom. The van der Waals surface area contributed by atoms with E-state index in [0.717, 1.165) is 48.2 Å². The van der Waals surface area contributed by atoms with Crippen molar-refractivity contribution in [2.75, 3.05) is 5.32 Å². The van der Waals surface area contributed by atoms with Crippen LogP contribution in [0.15, 0.2) is 48.5 Å². The zero-order valence-electron chi connectivity index (χ0n) is 15.9. The quantitative estimate of drug-likeness (QED) is 0.785. The lowest BCUT2D eigenvalue weighted by molar-refractivity contribution is -0.160. The van der Waals surface area contributed by atoms with Gasteiger partial charge in [-0.15, -0.1) is 0 Å². The molecule has 1 saturated carbocycles. The number of para-hydroxylation sites is 2. The van der Waals surface area contributed by atoms with Crippen LogP contribution in [0.3, 0.4) is 0 Å². The van der Waals surface area contributed by atoms with Crippen molar-refractivity contribution >= 4 is 17.5 Å². The molecule has 144 valence electrons. The SMILES string of the molecule is Cc1ccccc1NC(=O)[C@H]1C(=O)N[C@@]23CCCC[C@@H]2[C@@H]1c1ccccc1O3. The Bertz CT molecular complexity index is 956. The zero-order valence-corrected chi connectivity index (χ0v) is 15.9. The van der Waals surface area contributed by atoms with E-state index >= 15 is 0 Å². The molecule has 2 amide bonds. The van der Waals surface area contributed by atoms with Gasteiger partial charge in [0.2, 0.25) is 11.8 Å². The summed E-state index contributed by atoms with van der Waals surface area (Å²) >= 11 is 0. The molecule has 0 unspecified atom stereocenters. The van der Waals surface area contributed by atoms with Gasteiger partial charge in [-0.25, -0.2) is 0 Å². The van der Waals surface area contributed by atoms with Gasteiger partial charge in [0.1, 0.15) is 11.7 Å². The average molecular weight is 376 g/mol. The summed E-state index contributed by atoms with van der Waals surface area (Å²) in [5.41, 5.74) is 2.03. The molecular formula is C23H24N2O3. The van der Waals surface area contributed by atoms with Crippen molar-refractivity contribution < 1.29 is 14.3 Å². The normalized spacial score (nSPS) is 30.3. The second kappa shape index (κ2) is 6.36. The van der Waals surface area contributed by atoms with E-state index in [9.17, 15) is 9.59 Å². The van der Waals surface area contributed by atoms with E-state index in [0.29, 0.717) is 0 Å². The van der Waals surface area contributed by atoms with Crippen molar-refractivity contribution in [2.24, 2.45) is 11.8 Å². The van der Waals surface area contributed by atoms with Crippen LogP contribution in [0.5, 0.6) is 5.75 Å². The first-order valence-corrected chi connectivity index (χ1v) is 10.1. The highest BCUT2D eigenvalue weighted by Gasteiger charge is 2.60. The number of fused-ring (bicyclic) bond motifs is 2. The molecule has 2 aliphatic heterocycles. The molecule has 28 heavy (non-hydrogen) atoms. The van der Waals surface area contributed by atoms with Gasteiger partial charge in [-0.2, -0.15) is 0 Å². The van der Waals surface area contributed by atoms with Crippen molar-refractivity contribution in [3.8, 4) is 5.75 Å². The first-order chi connectivity index (χ1) is 13.6. The van der Waals surface area contributed by atoms with Gasteiger partial charge >= 0.3 is 0 Å². The molecule has 0 radical (unpaired) electrons. The molecule has 2 aromatic rings. The van der Waals surface area contributed by atoms with Crippen LogP contribution in [0.25, 0.3) is 0 Å². The predicted octanol–water partition coefficient (Wildman–Crippen LogP) is 3.74. The molecule has 5 heteroatoms. The molecule has 1 saturated heterocycles. The van der Waals surface area contributed by atoms with Crippen LogP contribution in [-0.4, -0.2) is 17.5 Å². The second-order valence-electron chi connectivity index (χ2n) is 8.18. The van der Waals surface area contributed by atoms with Gasteiger partial charge < -0.3 is 15.4 Å². The minimum atomic E-state index is -0.763. The van der Waals surface area contributed by atoms with Crippen molar-refractivity contribution in [3.05, 3.63) is 59.7 Å². The number of carbonyl (C=O) groups is 2. The van der Waals surface area contributed by atoms with Gasteiger partial charge in [0.25, 0.3) is 0 Å². The Morgan fingerprint density at radius 2 is 1.93 bits per heavy atom. The summed E-state index contributed by atoms with van der Waals surface area (Å²) in [5.74, 6) is -0.499. The molecule has 3 aliphatic rings. The van der Waals surface area contributed by atoms with Gasteiger partial charge in [0.05, 0.1) is 0 Å². The van der Waals surface area contributed by atoms with Crippen LogP contribution in [0.1, 0.15) is 42.7 Å². The summed E-state index contributed by atoms with van der Waals surface area (Å²) in [7, 11) is 0. The molecule has 0 spiro atoms. The minimum absolute atomic E-state index is 0.112. The maximum absolute atomic E-state index is 13.3. The molecular weight excluding hydrogens is 352 g/mol. The van der Waals surface area contributed by atoms with Gasteiger partial charge in [-0.1, -0.05) is 42.8 Å². The number of hydrogen-bond acceptors (Lipinski definition) is 3. The number of anilines is 1. The topological polar surface area (TPSA) is 67.4 Å². The smallest absolute Gasteiger partial charge is 0.237 e. The number of ether oxygens (including phenoxy) is 1. The highest BCUT2D eigenvalue weighted by molar-refractivity contribution is 6.08. The van der Waals surface area contributed by atoms with Crippen LogP contribution in [0.2, 0.25) is 0 Å². The summed E-state index contributed by atoms with van der Waals surface area (Å²) < 4.78 is 6.37. The van der Waals surface area contributed by atoms with E-state index in [1.54, 1.807) is 0 Å². The minimum Gasteiger partial charge on any atom is -0.467 e. The van der Waals surface area contributed by atoms with Crippen LogP contribution < -0.4 is 15.4 Å².